The Morgan fingerprint density at radius 2 is 2.19 bits per heavy atom. The van der Waals surface area contributed by atoms with Gasteiger partial charge in [-0.15, -0.1) is 0 Å². The van der Waals surface area contributed by atoms with Gasteiger partial charge in [0.1, 0.15) is 0 Å². The van der Waals surface area contributed by atoms with E-state index in [0.717, 1.165) is 13.0 Å². The summed E-state index contributed by atoms with van der Waals surface area (Å²) in [5.74, 6) is -0.654. The molecule has 94 valence electrons. The van der Waals surface area contributed by atoms with Gasteiger partial charge in [-0.2, -0.15) is 0 Å². The van der Waals surface area contributed by atoms with Crippen LogP contribution >= 0.6 is 0 Å². The molecule has 1 unspecified atom stereocenters. The first-order chi connectivity index (χ1) is 7.74. The molecule has 0 amide bonds. The lowest BCUT2D eigenvalue weighted by atomic mass is 9.97. The summed E-state index contributed by atoms with van der Waals surface area (Å²) in [6.07, 6.45) is 8.73. The van der Waals surface area contributed by atoms with Gasteiger partial charge in [0.15, 0.2) is 0 Å². The molecule has 1 rings (SSSR count). The number of aliphatic carboxylic acids is 1. The lowest BCUT2D eigenvalue weighted by Crippen LogP contribution is -2.40. The molecule has 3 nitrogen and oxygen atoms in total. The van der Waals surface area contributed by atoms with Crippen molar-refractivity contribution in [2.75, 3.05) is 13.1 Å². The second kappa shape index (κ2) is 7.66. The van der Waals surface area contributed by atoms with E-state index in [4.69, 9.17) is 5.11 Å². The fourth-order valence-electron chi connectivity index (χ4n) is 2.54. The fourth-order valence-corrected chi connectivity index (χ4v) is 2.54. The minimum atomic E-state index is -0.654. The zero-order valence-electron chi connectivity index (χ0n) is 10.5. The second-order valence-electron chi connectivity index (χ2n) is 4.83. The summed E-state index contributed by atoms with van der Waals surface area (Å²) in [7, 11) is 0. The Morgan fingerprint density at radius 3 is 2.88 bits per heavy atom. The Hall–Kier alpha value is -0.570. The van der Waals surface area contributed by atoms with E-state index in [9.17, 15) is 4.79 Å². The third-order valence-corrected chi connectivity index (χ3v) is 3.49. The van der Waals surface area contributed by atoms with Crippen LogP contribution in [0.1, 0.15) is 58.3 Å². The Balaban J connectivity index is 2.28. The summed E-state index contributed by atoms with van der Waals surface area (Å²) in [5, 5.41) is 8.73. The standard InChI is InChI=1S/C13H25NO2/c1-2-3-5-10-14-11-6-4-7-12(14)8-9-13(15)16/h12H,2-11H2,1H3,(H,15,16). The summed E-state index contributed by atoms with van der Waals surface area (Å²) in [5.41, 5.74) is 0. The Bertz CT molecular complexity index is 206. The molecule has 1 fully saturated rings. The van der Waals surface area contributed by atoms with Crippen molar-refractivity contribution in [3.63, 3.8) is 0 Å². The van der Waals surface area contributed by atoms with Gasteiger partial charge in [0.25, 0.3) is 0 Å². The number of hydrogen-bond donors (Lipinski definition) is 1. The maximum atomic E-state index is 10.6. The molecule has 0 aliphatic carbocycles. The molecule has 1 heterocycles. The van der Waals surface area contributed by atoms with Gasteiger partial charge in [0, 0.05) is 12.5 Å². The molecule has 1 atom stereocenters. The number of carbonyl (C=O) groups is 1. The molecule has 0 bridgehead atoms. The largest absolute Gasteiger partial charge is 0.481 e. The van der Waals surface area contributed by atoms with Crippen molar-refractivity contribution in [2.45, 2.75) is 64.3 Å². The van der Waals surface area contributed by atoms with Crippen LogP contribution in [-0.2, 0) is 4.79 Å². The van der Waals surface area contributed by atoms with Crippen LogP contribution in [-0.4, -0.2) is 35.1 Å². The van der Waals surface area contributed by atoms with Crippen molar-refractivity contribution in [3.05, 3.63) is 0 Å². The van der Waals surface area contributed by atoms with Gasteiger partial charge >= 0.3 is 5.97 Å². The van der Waals surface area contributed by atoms with Gasteiger partial charge in [-0.3, -0.25) is 4.79 Å². The average Bonchev–Trinajstić information content (AvgIpc) is 2.28. The molecule has 1 aliphatic heterocycles. The van der Waals surface area contributed by atoms with E-state index in [2.05, 4.69) is 11.8 Å². The molecule has 3 heteroatoms. The highest BCUT2D eigenvalue weighted by Crippen LogP contribution is 2.21. The summed E-state index contributed by atoms with van der Waals surface area (Å²) in [6, 6.07) is 0.529. The molecule has 0 spiro atoms. The summed E-state index contributed by atoms with van der Waals surface area (Å²) in [6.45, 7) is 4.56. The van der Waals surface area contributed by atoms with E-state index in [1.54, 1.807) is 0 Å². The number of nitrogens with zero attached hydrogens (tertiary/aromatic N) is 1. The Kier molecular flexibility index (Phi) is 6.46. The smallest absolute Gasteiger partial charge is 0.303 e. The zero-order valence-corrected chi connectivity index (χ0v) is 10.5. The van der Waals surface area contributed by atoms with Crippen molar-refractivity contribution in [1.29, 1.82) is 0 Å². The lowest BCUT2D eigenvalue weighted by Gasteiger charge is -2.35. The minimum Gasteiger partial charge on any atom is -0.481 e. The number of hydrogen-bond acceptors (Lipinski definition) is 2. The zero-order chi connectivity index (χ0) is 11.8. The maximum Gasteiger partial charge on any atom is 0.303 e. The normalized spacial score (nSPS) is 22.2. The molecule has 0 radical (unpaired) electrons. The molecule has 0 saturated carbocycles. The van der Waals surface area contributed by atoms with E-state index in [1.807, 2.05) is 0 Å². The van der Waals surface area contributed by atoms with E-state index in [0.29, 0.717) is 12.5 Å². The molecule has 1 N–H and O–H groups in total. The van der Waals surface area contributed by atoms with Crippen molar-refractivity contribution in [1.82, 2.24) is 4.90 Å². The van der Waals surface area contributed by atoms with Crippen LogP contribution in [0.3, 0.4) is 0 Å². The van der Waals surface area contributed by atoms with Gasteiger partial charge in [0.2, 0.25) is 0 Å². The molecule has 0 aromatic carbocycles. The number of piperidine rings is 1. The highest BCUT2D eigenvalue weighted by molar-refractivity contribution is 5.66. The van der Waals surface area contributed by atoms with Crippen LogP contribution in [0.25, 0.3) is 0 Å². The van der Waals surface area contributed by atoms with Crippen LogP contribution in [0.15, 0.2) is 0 Å². The highest BCUT2D eigenvalue weighted by Gasteiger charge is 2.22. The van der Waals surface area contributed by atoms with Crippen molar-refractivity contribution in [3.8, 4) is 0 Å². The molecule has 16 heavy (non-hydrogen) atoms. The van der Waals surface area contributed by atoms with E-state index in [1.165, 1.54) is 45.1 Å². The second-order valence-corrected chi connectivity index (χ2v) is 4.83. The van der Waals surface area contributed by atoms with Gasteiger partial charge in [0.05, 0.1) is 0 Å². The number of unbranched alkanes of at least 4 members (excludes halogenated alkanes) is 2. The van der Waals surface area contributed by atoms with E-state index in [-0.39, 0.29) is 0 Å². The summed E-state index contributed by atoms with van der Waals surface area (Å²) in [4.78, 5) is 13.1. The Morgan fingerprint density at radius 1 is 1.38 bits per heavy atom. The van der Waals surface area contributed by atoms with Gasteiger partial charge in [-0.05, 0) is 38.8 Å². The topological polar surface area (TPSA) is 40.5 Å². The quantitative estimate of drug-likeness (QED) is 0.680. The molecule has 1 saturated heterocycles. The summed E-state index contributed by atoms with van der Waals surface area (Å²) >= 11 is 0. The third kappa shape index (κ3) is 4.97. The fraction of sp³-hybridized carbons (Fsp3) is 0.923. The number of rotatable bonds is 7. The van der Waals surface area contributed by atoms with Crippen LogP contribution in [0.5, 0.6) is 0 Å². The van der Waals surface area contributed by atoms with Crippen LogP contribution in [0, 0.1) is 0 Å². The highest BCUT2D eigenvalue weighted by atomic mass is 16.4. The molecular formula is C13H25NO2. The Labute approximate surface area is 98.8 Å². The van der Waals surface area contributed by atoms with Crippen molar-refractivity contribution >= 4 is 5.97 Å². The van der Waals surface area contributed by atoms with Crippen molar-refractivity contribution < 1.29 is 9.90 Å². The average molecular weight is 227 g/mol. The molecule has 1 aliphatic rings. The maximum absolute atomic E-state index is 10.6. The molecule has 0 aromatic heterocycles. The predicted octanol–water partition coefficient (Wildman–Crippen LogP) is 2.90. The van der Waals surface area contributed by atoms with E-state index >= 15 is 0 Å². The first-order valence-corrected chi connectivity index (χ1v) is 6.70. The van der Waals surface area contributed by atoms with Gasteiger partial charge in [-0.25, -0.2) is 0 Å². The van der Waals surface area contributed by atoms with E-state index < -0.39 is 5.97 Å². The summed E-state index contributed by atoms with van der Waals surface area (Å²) < 4.78 is 0. The van der Waals surface area contributed by atoms with Crippen LogP contribution < -0.4 is 0 Å². The molecular weight excluding hydrogens is 202 g/mol. The predicted molar refractivity (Wildman–Crippen MR) is 65.6 cm³/mol. The number of carboxylic acid groups (broad SMARTS) is 1. The van der Waals surface area contributed by atoms with Gasteiger partial charge < -0.3 is 10.0 Å². The molecule has 0 aromatic rings. The monoisotopic (exact) mass is 227 g/mol. The third-order valence-electron chi connectivity index (χ3n) is 3.49. The first-order valence-electron chi connectivity index (χ1n) is 6.70. The van der Waals surface area contributed by atoms with Crippen LogP contribution in [0.2, 0.25) is 0 Å². The first kappa shape index (κ1) is 13.5. The van der Waals surface area contributed by atoms with Gasteiger partial charge in [-0.1, -0.05) is 26.2 Å². The van der Waals surface area contributed by atoms with Crippen LogP contribution in [0.4, 0.5) is 0 Å². The number of carboxylic acids is 1. The minimum absolute atomic E-state index is 0.328. The number of likely N-dealkylation sites (tertiary alicyclic amines) is 1. The lowest BCUT2D eigenvalue weighted by molar-refractivity contribution is -0.137. The SMILES string of the molecule is CCCCCN1CCCCC1CCC(=O)O. The van der Waals surface area contributed by atoms with Crippen molar-refractivity contribution in [2.24, 2.45) is 0 Å².